The molecular formula is C15H16N4O2S. The fourth-order valence-corrected chi connectivity index (χ4v) is 2.29. The Kier molecular flexibility index (Phi) is 4.57. The minimum absolute atomic E-state index is 0.106. The number of carboxylic acids is 1. The van der Waals surface area contributed by atoms with E-state index < -0.39 is 5.97 Å². The van der Waals surface area contributed by atoms with Gasteiger partial charge in [-0.3, -0.25) is 5.43 Å². The molecule has 0 saturated carbocycles. The Labute approximate surface area is 133 Å². The monoisotopic (exact) mass is 316 g/mol. The lowest BCUT2D eigenvalue weighted by Crippen LogP contribution is -2.24. The molecule has 0 saturated heterocycles. The summed E-state index contributed by atoms with van der Waals surface area (Å²) in [5, 5.41) is 13.0. The Morgan fingerprint density at radius 3 is 2.55 bits per heavy atom. The van der Waals surface area contributed by atoms with E-state index in [1.165, 1.54) is 0 Å². The fourth-order valence-electron chi connectivity index (χ4n) is 2.23. The summed E-state index contributed by atoms with van der Waals surface area (Å²) in [4.78, 5) is 10.9. The molecule has 0 aliphatic rings. The molecule has 1 aromatic carbocycles. The van der Waals surface area contributed by atoms with Crippen molar-refractivity contribution in [3.8, 4) is 5.69 Å². The van der Waals surface area contributed by atoms with Crippen LogP contribution >= 0.6 is 12.2 Å². The minimum atomic E-state index is -0.941. The highest BCUT2D eigenvalue weighted by molar-refractivity contribution is 7.80. The van der Waals surface area contributed by atoms with Crippen LogP contribution in [0.3, 0.4) is 0 Å². The van der Waals surface area contributed by atoms with Gasteiger partial charge in [0.2, 0.25) is 0 Å². The normalized spacial score (nSPS) is 10.8. The van der Waals surface area contributed by atoms with E-state index in [0.29, 0.717) is 0 Å². The summed E-state index contributed by atoms with van der Waals surface area (Å²) in [5.41, 5.74) is 11.9. The lowest BCUT2D eigenvalue weighted by atomic mass is 10.2. The number of aryl methyl sites for hydroxylation is 1. The first-order valence-corrected chi connectivity index (χ1v) is 6.92. The average molecular weight is 316 g/mol. The molecule has 0 amide bonds. The Morgan fingerprint density at radius 1 is 1.36 bits per heavy atom. The molecule has 0 aliphatic carbocycles. The van der Waals surface area contributed by atoms with Crippen molar-refractivity contribution in [3.63, 3.8) is 0 Å². The Morgan fingerprint density at radius 2 is 2.00 bits per heavy atom. The Hall–Kier alpha value is -2.67. The van der Waals surface area contributed by atoms with Gasteiger partial charge >= 0.3 is 5.97 Å². The van der Waals surface area contributed by atoms with Gasteiger partial charge in [0.15, 0.2) is 5.11 Å². The van der Waals surface area contributed by atoms with E-state index in [1.54, 1.807) is 30.5 Å². The number of thiocarbonyl (C=S) groups is 1. The number of hydrogen-bond donors (Lipinski definition) is 3. The van der Waals surface area contributed by atoms with Crippen molar-refractivity contribution in [2.45, 2.75) is 13.8 Å². The predicted molar refractivity (Wildman–Crippen MR) is 89.7 cm³/mol. The van der Waals surface area contributed by atoms with Crippen molar-refractivity contribution in [3.05, 3.63) is 52.8 Å². The van der Waals surface area contributed by atoms with Gasteiger partial charge in [-0.25, -0.2) is 4.79 Å². The number of nitrogens with zero attached hydrogens (tertiary/aromatic N) is 2. The lowest BCUT2D eigenvalue weighted by Gasteiger charge is -2.09. The van der Waals surface area contributed by atoms with Gasteiger partial charge < -0.3 is 15.4 Å². The second-order valence-corrected chi connectivity index (χ2v) is 5.19. The summed E-state index contributed by atoms with van der Waals surface area (Å²) in [6.45, 7) is 3.93. The van der Waals surface area contributed by atoms with Crippen molar-refractivity contribution in [2.75, 3.05) is 0 Å². The molecule has 0 unspecified atom stereocenters. The minimum Gasteiger partial charge on any atom is -0.478 e. The van der Waals surface area contributed by atoms with Gasteiger partial charge in [0.1, 0.15) is 0 Å². The van der Waals surface area contributed by atoms with Crippen LogP contribution in [-0.2, 0) is 0 Å². The van der Waals surface area contributed by atoms with Crippen molar-refractivity contribution in [1.29, 1.82) is 0 Å². The highest BCUT2D eigenvalue weighted by Crippen LogP contribution is 2.20. The van der Waals surface area contributed by atoms with Gasteiger partial charge in [0, 0.05) is 22.6 Å². The maximum absolute atomic E-state index is 10.9. The standard InChI is InChI=1S/C15H16N4O2S/c1-9-7-12(8-17-18-15(16)22)10(2)19(9)13-5-3-11(4-6-13)14(20)21/h3-8H,1-2H3,(H,20,21)(H3,16,18,22)/b17-8+. The number of carbonyl (C=O) groups is 1. The van der Waals surface area contributed by atoms with E-state index in [0.717, 1.165) is 22.6 Å². The molecule has 0 atom stereocenters. The first kappa shape index (κ1) is 15.7. The highest BCUT2D eigenvalue weighted by Gasteiger charge is 2.10. The van der Waals surface area contributed by atoms with Gasteiger partial charge in [0.25, 0.3) is 0 Å². The fraction of sp³-hybridized carbons (Fsp3) is 0.133. The molecule has 4 N–H and O–H groups in total. The molecule has 7 heteroatoms. The smallest absolute Gasteiger partial charge is 0.335 e. The second kappa shape index (κ2) is 6.40. The van der Waals surface area contributed by atoms with Gasteiger partial charge in [0.05, 0.1) is 11.8 Å². The van der Waals surface area contributed by atoms with Crippen molar-refractivity contribution in [2.24, 2.45) is 10.8 Å². The predicted octanol–water partition coefficient (Wildman–Crippen LogP) is 1.96. The maximum Gasteiger partial charge on any atom is 0.335 e. The van der Waals surface area contributed by atoms with Crippen LogP contribution in [0.4, 0.5) is 0 Å². The number of nitrogens with two attached hydrogens (primary N) is 1. The van der Waals surface area contributed by atoms with Crippen molar-refractivity contribution >= 4 is 29.5 Å². The van der Waals surface area contributed by atoms with Crippen LogP contribution in [0.1, 0.15) is 27.3 Å². The number of hydrazone groups is 1. The van der Waals surface area contributed by atoms with Crippen LogP contribution in [0.5, 0.6) is 0 Å². The first-order chi connectivity index (χ1) is 10.4. The summed E-state index contributed by atoms with van der Waals surface area (Å²) in [6, 6.07) is 8.69. The Bertz CT molecular complexity index is 748. The van der Waals surface area contributed by atoms with Crippen LogP contribution in [0, 0.1) is 13.8 Å². The van der Waals surface area contributed by atoms with E-state index in [1.807, 2.05) is 24.5 Å². The van der Waals surface area contributed by atoms with Crippen molar-refractivity contribution in [1.82, 2.24) is 9.99 Å². The van der Waals surface area contributed by atoms with E-state index in [-0.39, 0.29) is 10.7 Å². The third kappa shape index (κ3) is 3.32. The average Bonchev–Trinajstić information content (AvgIpc) is 2.73. The third-order valence-electron chi connectivity index (χ3n) is 3.22. The zero-order valence-electron chi connectivity index (χ0n) is 12.2. The third-order valence-corrected chi connectivity index (χ3v) is 3.31. The van der Waals surface area contributed by atoms with Gasteiger partial charge in [-0.15, -0.1) is 0 Å². The summed E-state index contributed by atoms with van der Waals surface area (Å²) in [7, 11) is 0. The molecule has 0 aliphatic heterocycles. The SMILES string of the molecule is Cc1cc(/C=N/NC(N)=S)c(C)n1-c1ccc(C(=O)O)cc1. The zero-order valence-corrected chi connectivity index (χ0v) is 13.0. The molecule has 6 nitrogen and oxygen atoms in total. The van der Waals surface area contributed by atoms with Gasteiger partial charge in [-0.2, -0.15) is 5.10 Å². The zero-order chi connectivity index (χ0) is 16.3. The largest absolute Gasteiger partial charge is 0.478 e. The summed E-state index contributed by atoms with van der Waals surface area (Å²) in [6.07, 6.45) is 1.64. The van der Waals surface area contributed by atoms with Crippen LogP contribution in [0.2, 0.25) is 0 Å². The summed E-state index contributed by atoms with van der Waals surface area (Å²) in [5.74, 6) is -0.941. The maximum atomic E-state index is 10.9. The number of benzene rings is 1. The van der Waals surface area contributed by atoms with Gasteiger partial charge in [-0.1, -0.05) is 0 Å². The number of rotatable bonds is 4. The van der Waals surface area contributed by atoms with Crippen LogP contribution in [-0.4, -0.2) is 27.0 Å². The molecule has 114 valence electrons. The van der Waals surface area contributed by atoms with Crippen LogP contribution in [0.15, 0.2) is 35.4 Å². The molecular weight excluding hydrogens is 300 g/mol. The topological polar surface area (TPSA) is 92.6 Å². The molecule has 1 heterocycles. The quantitative estimate of drug-likeness (QED) is 0.455. The molecule has 0 spiro atoms. The van der Waals surface area contributed by atoms with E-state index in [9.17, 15) is 4.79 Å². The molecule has 2 aromatic rings. The van der Waals surface area contributed by atoms with E-state index in [4.69, 9.17) is 10.8 Å². The first-order valence-electron chi connectivity index (χ1n) is 6.51. The Balaban J connectivity index is 2.35. The molecule has 1 aromatic heterocycles. The molecule has 2 rings (SSSR count). The number of aromatic nitrogens is 1. The summed E-state index contributed by atoms with van der Waals surface area (Å²) < 4.78 is 2.02. The number of nitrogens with one attached hydrogen (secondary N) is 1. The highest BCUT2D eigenvalue weighted by atomic mass is 32.1. The lowest BCUT2D eigenvalue weighted by molar-refractivity contribution is 0.0697. The summed E-state index contributed by atoms with van der Waals surface area (Å²) >= 11 is 4.68. The van der Waals surface area contributed by atoms with E-state index >= 15 is 0 Å². The van der Waals surface area contributed by atoms with Crippen LogP contribution < -0.4 is 11.2 Å². The molecule has 22 heavy (non-hydrogen) atoms. The van der Waals surface area contributed by atoms with Gasteiger partial charge in [-0.05, 0) is 56.4 Å². The number of hydrogen-bond acceptors (Lipinski definition) is 3. The second-order valence-electron chi connectivity index (χ2n) is 4.75. The molecule has 0 radical (unpaired) electrons. The molecule has 0 fully saturated rings. The number of aromatic carboxylic acids is 1. The van der Waals surface area contributed by atoms with E-state index in [2.05, 4.69) is 22.7 Å². The number of carboxylic acid groups (broad SMARTS) is 1. The van der Waals surface area contributed by atoms with Crippen LogP contribution in [0.25, 0.3) is 5.69 Å². The van der Waals surface area contributed by atoms with Crippen molar-refractivity contribution < 1.29 is 9.90 Å². The molecule has 0 bridgehead atoms.